The molecule has 0 aliphatic heterocycles. The lowest BCUT2D eigenvalue weighted by Crippen LogP contribution is -2.25. The van der Waals surface area contributed by atoms with Gasteiger partial charge in [0.25, 0.3) is 0 Å². The SMILES string of the molecule is CN(Cc1ccc(OC(F)(F)F)cc1)C(=O)CCCCc1nc2ccccc2s1. The molecule has 0 bridgehead atoms. The zero-order valence-corrected chi connectivity index (χ0v) is 16.7. The van der Waals surface area contributed by atoms with E-state index in [0.717, 1.165) is 35.4 Å². The molecule has 2 aromatic carbocycles. The van der Waals surface area contributed by atoms with E-state index >= 15 is 0 Å². The lowest BCUT2D eigenvalue weighted by atomic mass is 10.1. The number of rotatable bonds is 8. The highest BCUT2D eigenvalue weighted by Crippen LogP contribution is 2.24. The van der Waals surface area contributed by atoms with E-state index in [-0.39, 0.29) is 11.7 Å². The predicted octanol–water partition coefficient (Wildman–Crippen LogP) is 5.57. The fourth-order valence-electron chi connectivity index (χ4n) is 2.93. The second kappa shape index (κ2) is 9.26. The van der Waals surface area contributed by atoms with Crippen LogP contribution in [0.4, 0.5) is 13.2 Å². The number of fused-ring (bicyclic) bond motifs is 1. The minimum absolute atomic E-state index is 0.00455. The van der Waals surface area contributed by atoms with Gasteiger partial charge in [0, 0.05) is 20.0 Å². The molecule has 154 valence electrons. The number of hydrogen-bond acceptors (Lipinski definition) is 4. The summed E-state index contributed by atoms with van der Waals surface area (Å²) in [6, 6.07) is 13.6. The molecule has 0 unspecified atom stereocenters. The Bertz CT molecular complexity index is 921. The molecule has 0 aliphatic carbocycles. The van der Waals surface area contributed by atoms with Crippen LogP contribution < -0.4 is 4.74 Å². The summed E-state index contributed by atoms with van der Waals surface area (Å²) >= 11 is 1.68. The summed E-state index contributed by atoms with van der Waals surface area (Å²) in [5.74, 6) is -0.269. The van der Waals surface area contributed by atoms with Gasteiger partial charge in [-0.1, -0.05) is 24.3 Å². The lowest BCUT2D eigenvalue weighted by molar-refractivity contribution is -0.274. The maximum Gasteiger partial charge on any atom is 0.573 e. The standard InChI is InChI=1S/C21H21F3N2O2S/c1-26(14-15-10-12-16(13-11-15)28-21(22,23)24)20(27)9-5-4-8-19-25-17-6-2-3-7-18(17)29-19/h2-3,6-7,10-13H,4-5,8-9,14H2,1H3. The molecule has 0 N–H and O–H groups in total. The average Bonchev–Trinajstić information content (AvgIpc) is 3.08. The van der Waals surface area contributed by atoms with Gasteiger partial charge in [0.05, 0.1) is 15.2 Å². The van der Waals surface area contributed by atoms with E-state index in [1.807, 2.05) is 18.2 Å². The summed E-state index contributed by atoms with van der Waals surface area (Å²) in [5, 5.41) is 1.08. The molecule has 0 saturated heterocycles. The summed E-state index contributed by atoms with van der Waals surface area (Å²) < 4.78 is 41.6. The van der Waals surface area contributed by atoms with Crippen LogP contribution in [0.5, 0.6) is 5.75 Å². The number of benzene rings is 2. The molecule has 3 rings (SSSR count). The summed E-state index contributed by atoms with van der Waals surface area (Å²) in [6.07, 6.45) is -1.80. The minimum Gasteiger partial charge on any atom is -0.406 e. The van der Waals surface area contributed by atoms with Crippen molar-refractivity contribution in [3.8, 4) is 5.75 Å². The number of ether oxygens (including phenoxy) is 1. The highest BCUT2D eigenvalue weighted by Gasteiger charge is 2.30. The molecule has 0 fully saturated rings. The Balaban J connectivity index is 1.40. The number of para-hydroxylation sites is 1. The van der Waals surface area contributed by atoms with E-state index in [2.05, 4.69) is 15.8 Å². The van der Waals surface area contributed by atoms with E-state index in [1.165, 1.54) is 29.0 Å². The monoisotopic (exact) mass is 422 g/mol. The van der Waals surface area contributed by atoms with E-state index in [9.17, 15) is 18.0 Å². The molecule has 1 heterocycles. The smallest absolute Gasteiger partial charge is 0.406 e. The molecule has 0 aliphatic rings. The molecule has 4 nitrogen and oxygen atoms in total. The van der Waals surface area contributed by atoms with Crippen molar-refractivity contribution in [2.24, 2.45) is 0 Å². The van der Waals surface area contributed by atoms with Crippen molar-refractivity contribution < 1.29 is 22.7 Å². The number of aromatic nitrogens is 1. The van der Waals surface area contributed by atoms with Gasteiger partial charge in [0.2, 0.25) is 5.91 Å². The quantitative estimate of drug-likeness (QED) is 0.446. The van der Waals surface area contributed by atoms with Crippen molar-refractivity contribution in [3.05, 3.63) is 59.1 Å². The van der Waals surface area contributed by atoms with Gasteiger partial charge < -0.3 is 9.64 Å². The van der Waals surface area contributed by atoms with Gasteiger partial charge in [0.15, 0.2) is 0 Å². The number of carbonyl (C=O) groups excluding carboxylic acids is 1. The van der Waals surface area contributed by atoms with Crippen LogP contribution in [-0.4, -0.2) is 29.2 Å². The van der Waals surface area contributed by atoms with Crippen molar-refractivity contribution in [2.75, 3.05) is 7.05 Å². The number of nitrogens with zero attached hydrogens (tertiary/aromatic N) is 2. The number of carbonyl (C=O) groups is 1. The third kappa shape index (κ3) is 6.45. The molecule has 1 amide bonds. The van der Waals surface area contributed by atoms with Crippen molar-refractivity contribution in [3.63, 3.8) is 0 Å². The van der Waals surface area contributed by atoms with Crippen LogP contribution >= 0.6 is 11.3 Å². The number of unbranched alkanes of at least 4 members (excludes halogenated alkanes) is 1. The fourth-order valence-corrected chi connectivity index (χ4v) is 3.94. The maximum atomic E-state index is 12.3. The van der Waals surface area contributed by atoms with Crippen molar-refractivity contribution >= 4 is 27.5 Å². The second-order valence-corrected chi connectivity index (χ2v) is 7.84. The Morgan fingerprint density at radius 3 is 2.52 bits per heavy atom. The molecule has 0 atom stereocenters. The second-order valence-electron chi connectivity index (χ2n) is 6.72. The van der Waals surface area contributed by atoms with Gasteiger partial charge >= 0.3 is 6.36 Å². The first-order valence-electron chi connectivity index (χ1n) is 9.23. The molecular weight excluding hydrogens is 401 g/mol. The molecule has 29 heavy (non-hydrogen) atoms. The van der Waals surface area contributed by atoms with Crippen LogP contribution in [0.3, 0.4) is 0 Å². The van der Waals surface area contributed by atoms with E-state index in [1.54, 1.807) is 23.3 Å². The maximum absolute atomic E-state index is 12.3. The third-order valence-electron chi connectivity index (χ3n) is 4.37. The third-order valence-corrected chi connectivity index (χ3v) is 5.47. The molecule has 0 saturated carbocycles. The van der Waals surface area contributed by atoms with Crippen LogP contribution in [0, 0.1) is 0 Å². The van der Waals surface area contributed by atoms with E-state index in [4.69, 9.17) is 0 Å². The van der Waals surface area contributed by atoms with Gasteiger partial charge in [-0.2, -0.15) is 0 Å². The van der Waals surface area contributed by atoms with Crippen LogP contribution in [0.1, 0.15) is 29.8 Å². The normalized spacial score (nSPS) is 11.6. The largest absolute Gasteiger partial charge is 0.573 e. The first kappa shape index (κ1) is 21.1. The molecule has 1 aromatic heterocycles. The van der Waals surface area contributed by atoms with Gasteiger partial charge in [-0.25, -0.2) is 4.98 Å². The highest BCUT2D eigenvalue weighted by molar-refractivity contribution is 7.18. The highest BCUT2D eigenvalue weighted by atomic mass is 32.1. The molecule has 3 aromatic rings. The Morgan fingerprint density at radius 1 is 1.10 bits per heavy atom. The number of aryl methyl sites for hydroxylation is 1. The van der Waals surface area contributed by atoms with Crippen molar-refractivity contribution in [2.45, 2.75) is 38.6 Å². The van der Waals surface area contributed by atoms with Crippen molar-refractivity contribution in [1.29, 1.82) is 0 Å². The number of amides is 1. The topological polar surface area (TPSA) is 42.4 Å². The van der Waals surface area contributed by atoms with Crippen LogP contribution in [-0.2, 0) is 17.8 Å². The first-order chi connectivity index (χ1) is 13.8. The Labute approximate surface area is 170 Å². The summed E-state index contributed by atoms with van der Waals surface area (Å²) in [7, 11) is 1.69. The van der Waals surface area contributed by atoms with Gasteiger partial charge in [-0.15, -0.1) is 24.5 Å². The summed E-state index contributed by atoms with van der Waals surface area (Å²) in [4.78, 5) is 18.5. The van der Waals surface area contributed by atoms with Gasteiger partial charge in [-0.3, -0.25) is 4.79 Å². The molecule has 0 spiro atoms. The van der Waals surface area contributed by atoms with Crippen LogP contribution in [0.15, 0.2) is 48.5 Å². The predicted molar refractivity (Wildman–Crippen MR) is 107 cm³/mol. The molecular formula is C21H21F3N2O2S. The Morgan fingerprint density at radius 2 is 1.83 bits per heavy atom. The van der Waals surface area contributed by atoms with Crippen LogP contribution in [0.25, 0.3) is 10.2 Å². The minimum atomic E-state index is -4.71. The fraction of sp³-hybridized carbons (Fsp3) is 0.333. The summed E-state index contributed by atoms with van der Waals surface area (Å²) in [6.45, 7) is 0.336. The Kier molecular flexibility index (Phi) is 6.74. The summed E-state index contributed by atoms with van der Waals surface area (Å²) in [5.41, 5.74) is 1.75. The van der Waals surface area contributed by atoms with Crippen molar-refractivity contribution in [1.82, 2.24) is 9.88 Å². The Hall–Kier alpha value is -2.61. The number of thiazole rings is 1. The number of hydrogen-bond donors (Lipinski definition) is 0. The zero-order chi connectivity index (χ0) is 20.9. The molecule has 8 heteroatoms. The number of halogens is 3. The molecule has 0 radical (unpaired) electrons. The first-order valence-corrected chi connectivity index (χ1v) is 10.0. The van der Waals surface area contributed by atoms with Gasteiger partial charge in [0.1, 0.15) is 5.75 Å². The lowest BCUT2D eigenvalue weighted by Gasteiger charge is -2.17. The van der Waals surface area contributed by atoms with Crippen LogP contribution in [0.2, 0.25) is 0 Å². The number of alkyl halides is 3. The zero-order valence-electron chi connectivity index (χ0n) is 15.9. The average molecular weight is 422 g/mol. The van der Waals surface area contributed by atoms with E-state index in [0.29, 0.717) is 13.0 Å². The van der Waals surface area contributed by atoms with E-state index < -0.39 is 6.36 Å². The van der Waals surface area contributed by atoms with Gasteiger partial charge in [-0.05, 0) is 49.1 Å².